The van der Waals surface area contributed by atoms with Crippen molar-refractivity contribution in [2.45, 2.75) is 38.5 Å². The number of rotatable bonds is 5. The third-order valence-corrected chi connectivity index (χ3v) is 11.2. The van der Waals surface area contributed by atoms with E-state index in [0.29, 0.717) is 17.2 Å². The molecule has 0 bridgehead atoms. The molecular formula is C44H33BN4O2Pt. The average molecular weight is 856 g/mol. The molecule has 0 fully saturated rings. The average Bonchev–Trinajstić information content (AvgIpc) is 3.76. The van der Waals surface area contributed by atoms with E-state index in [1.54, 1.807) is 6.20 Å². The van der Waals surface area contributed by atoms with E-state index in [2.05, 4.69) is 121 Å². The minimum Gasteiger partial charge on any atom is -0.599 e. The Kier molecular flexibility index (Phi) is 7.40. The number of hydrogen-bond donors (Lipinski definition) is 0. The van der Waals surface area contributed by atoms with Gasteiger partial charge in [0.25, 0.3) is 0 Å². The fraction of sp³-hybridized carbons (Fsp3) is 0.136. The predicted molar refractivity (Wildman–Crippen MR) is 205 cm³/mol. The second-order valence-corrected chi connectivity index (χ2v) is 14.5. The van der Waals surface area contributed by atoms with Gasteiger partial charge in [-0.15, -0.1) is 30.3 Å². The molecule has 254 valence electrons. The van der Waals surface area contributed by atoms with Crippen LogP contribution in [0.15, 0.2) is 128 Å². The molecule has 0 unspecified atom stereocenters. The van der Waals surface area contributed by atoms with Gasteiger partial charge in [0.15, 0.2) is 0 Å². The number of pyridine rings is 2. The Hall–Kier alpha value is -5.39. The molecule has 5 heterocycles. The number of fused-ring (bicyclic) bond motifs is 4. The Morgan fingerprint density at radius 2 is 1.44 bits per heavy atom. The molecular weight excluding hydrogens is 822 g/mol. The summed E-state index contributed by atoms with van der Waals surface area (Å²) in [7, 11) is -0.387. The summed E-state index contributed by atoms with van der Waals surface area (Å²) in [5, 5.41) is 3.19. The number of anilines is 2. The Morgan fingerprint density at radius 1 is 0.712 bits per heavy atom. The van der Waals surface area contributed by atoms with Gasteiger partial charge in [-0.25, -0.2) is 4.98 Å². The molecule has 0 saturated carbocycles. The molecule has 6 nitrogen and oxygen atoms in total. The van der Waals surface area contributed by atoms with E-state index in [4.69, 9.17) is 14.4 Å². The molecule has 10 rings (SSSR count). The van der Waals surface area contributed by atoms with Gasteiger partial charge in [-0.1, -0.05) is 129 Å². The molecule has 3 aromatic heterocycles. The van der Waals surface area contributed by atoms with Crippen LogP contribution in [0.3, 0.4) is 0 Å². The standard InChI is InChI=1S/C44H33BN4O2.Pt/c1-43(2)35-19-13-18-33-32-23-21-30(26-34(32)42-47-39(28-14-7-5-8-15-28)41(44(43,3)4)48(42)40(33)35)50-31-22-24-37-36(27-31)49(38-20-11-12-25-46-38)45(51-37)29-16-9-6-10-17-29;/h5-25H,1-4H3;/q-2;+2. The first kappa shape index (κ1) is 32.5. The summed E-state index contributed by atoms with van der Waals surface area (Å²) in [5.74, 6) is 2.62. The third kappa shape index (κ3) is 4.61. The van der Waals surface area contributed by atoms with Gasteiger partial charge < -0.3 is 18.6 Å². The smallest absolute Gasteiger partial charge is 0.599 e. The summed E-state index contributed by atoms with van der Waals surface area (Å²) in [6, 6.07) is 48.4. The molecule has 0 amide bonds. The van der Waals surface area contributed by atoms with Gasteiger partial charge in [-0.05, 0) is 34.2 Å². The molecule has 0 atom stereocenters. The number of benzene rings is 5. The summed E-state index contributed by atoms with van der Waals surface area (Å²) >= 11 is 0. The first-order valence-electron chi connectivity index (χ1n) is 17.4. The van der Waals surface area contributed by atoms with Crippen LogP contribution >= 0.6 is 0 Å². The maximum absolute atomic E-state index is 6.58. The summed E-state index contributed by atoms with van der Waals surface area (Å²) in [5.41, 5.74) is 8.16. The van der Waals surface area contributed by atoms with Crippen LogP contribution in [0.25, 0.3) is 38.6 Å². The largest absolute Gasteiger partial charge is 2.00 e. The number of nitrogens with zero attached hydrogens (tertiary/aromatic N) is 4. The van der Waals surface area contributed by atoms with Crippen molar-refractivity contribution in [2.24, 2.45) is 0 Å². The fourth-order valence-electron chi connectivity index (χ4n) is 8.01. The van der Waals surface area contributed by atoms with E-state index in [1.807, 2.05) is 54.6 Å². The van der Waals surface area contributed by atoms with Gasteiger partial charge in [0.1, 0.15) is 5.82 Å². The summed E-state index contributed by atoms with van der Waals surface area (Å²) in [6.07, 6.45) is 1.79. The van der Waals surface area contributed by atoms with E-state index in [-0.39, 0.29) is 38.9 Å². The van der Waals surface area contributed by atoms with Gasteiger partial charge in [0, 0.05) is 51.0 Å². The monoisotopic (exact) mass is 855 g/mol. The van der Waals surface area contributed by atoms with Crippen molar-refractivity contribution in [3.05, 3.63) is 151 Å². The van der Waals surface area contributed by atoms with Crippen LogP contribution in [0.5, 0.6) is 17.2 Å². The van der Waals surface area contributed by atoms with Crippen molar-refractivity contribution in [2.75, 3.05) is 4.81 Å². The predicted octanol–water partition coefficient (Wildman–Crippen LogP) is 9.59. The van der Waals surface area contributed by atoms with Crippen molar-refractivity contribution in [3.63, 3.8) is 0 Å². The van der Waals surface area contributed by atoms with Crippen LogP contribution in [0.4, 0.5) is 11.5 Å². The summed E-state index contributed by atoms with van der Waals surface area (Å²) in [4.78, 5) is 12.2. The van der Waals surface area contributed by atoms with Crippen LogP contribution < -0.4 is 19.7 Å². The SMILES string of the molecule is CC1(C)c2cccc3c4ccc(Oc5[c-]c6c(cc5)OB(c5ccccc5)N6c5ccccn5)[c-]c4c4nc(-c5ccccc5)c(n4c23)C1(C)C.[Pt+2]. The van der Waals surface area contributed by atoms with Crippen molar-refractivity contribution < 1.29 is 30.5 Å². The second kappa shape index (κ2) is 11.8. The van der Waals surface area contributed by atoms with Crippen molar-refractivity contribution in [3.8, 4) is 28.5 Å². The van der Waals surface area contributed by atoms with Gasteiger partial charge in [0.2, 0.25) is 0 Å². The molecule has 0 spiro atoms. The maximum atomic E-state index is 6.58. The number of ether oxygens (including phenoxy) is 1. The van der Waals surface area contributed by atoms with Crippen molar-refractivity contribution >= 4 is 51.3 Å². The molecule has 8 heteroatoms. The number of imidazole rings is 1. The van der Waals surface area contributed by atoms with E-state index in [9.17, 15) is 0 Å². The van der Waals surface area contributed by atoms with E-state index < -0.39 is 0 Å². The van der Waals surface area contributed by atoms with Crippen LogP contribution in [-0.4, -0.2) is 21.4 Å². The summed E-state index contributed by atoms with van der Waals surface area (Å²) < 4.78 is 15.5. The van der Waals surface area contributed by atoms with Gasteiger partial charge in [-0.3, -0.25) is 4.98 Å². The van der Waals surface area contributed by atoms with Crippen molar-refractivity contribution in [1.29, 1.82) is 0 Å². The Morgan fingerprint density at radius 3 is 2.21 bits per heavy atom. The molecule has 8 aromatic rings. The normalized spacial score (nSPS) is 15.2. The van der Waals surface area contributed by atoms with E-state index in [0.717, 1.165) is 44.6 Å². The maximum Gasteiger partial charge on any atom is 2.00 e. The first-order valence-corrected chi connectivity index (χ1v) is 17.4. The number of para-hydroxylation sites is 1. The second-order valence-electron chi connectivity index (χ2n) is 14.5. The minimum atomic E-state index is -0.387. The van der Waals surface area contributed by atoms with Crippen LogP contribution in [0, 0.1) is 12.1 Å². The topological polar surface area (TPSA) is 51.9 Å². The van der Waals surface area contributed by atoms with Crippen LogP contribution in [-0.2, 0) is 31.9 Å². The summed E-state index contributed by atoms with van der Waals surface area (Å²) in [6.45, 7) is 9.42. The zero-order chi connectivity index (χ0) is 34.5. The van der Waals surface area contributed by atoms with E-state index >= 15 is 0 Å². The molecule has 2 aliphatic rings. The van der Waals surface area contributed by atoms with Crippen LogP contribution in [0.2, 0.25) is 0 Å². The van der Waals surface area contributed by atoms with Gasteiger partial charge in [0.05, 0.1) is 11.3 Å². The third-order valence-electron chi connectivity index (χ3n) is 11.2. The first-order chi connectivity index (χ1) is 24.8. The Balaban J connectivity index is 0.00000360. The molecule has 0 radical (unpaired) electrons. The molecule has 52 heavy (non-hydrogen) atoms. The fourth-order valence-corrected chi connectivity index (χ4v) is 8.01. The molecule has 0 saturated heterocycles. The minimum absolute atomic E-state index is 0. The molecule has 5 aromatic carbocycles. The molecule has 2 aliphatic heterocycles. The number of hydrogen-bond acceptors (Lipinski definition) is 5. The number of aromatic nitrogens is 3. The van der Waals surface area contributed by atoms with Gasteiger partial charge in [-0.2, -0.15) is 0 Å². The quantitative estimate of drug-likeness (QED) is 0.0982. The van der Waals surface area contributed by atoms with Gasteiger partial charge >= 0.3 is 28.1 Å². The molecule has 0 N–H and O–H groups in total. The van der Waals surface area contributed by atoms with E-state index in [1.165, 1.54) is 22.2 Å². The van der Waals surface area contributed by atoms with Crippen LogP contribution in [0.1, 0.15) is 39.0 Å². The zero-order valence-corrected chi connectivity index (χ0v) is 31.4. The molecule has 0 aliphatic carbocycles. The van der Waals surface area contributed by atoms with Crippen molar-refractivity contribution in [1.82, 2.24) is 14.4 Å². The zero-order valence-electron chi connectivity index (χ0n) is 29.1. The Labute approximate surface area is 317 Å². The Bertz CT molecular complexity index is 2660.